The zero-order valence-electron chi connectivity index (χ0n) is 24.3. The van der Waals surface area contributed by atoms with Crippen LogP contribution in [0.25, 0.3) is 0 Å². The van der Waals surface area contributed by atoms with E-state index < -0.39 is 10.0 Å². The molecule has 3 aliphatic rings. The lowest BCUT2D eigenvalue weighted by Gasteiger charge is -2.35. The Kier molecular flexibility index (Phi) is 10.0. The molecule has 3 fully saturated rings. The van der Waals surface area contributed by atoms with Crippen molar-refractivity contribution >= 4 is 33.3 Å². The van der Waals surface area contributed by atoms with Crippen LogP contribution >= 0.6 is 0 Å². The van der Waals surface area contributed by atoms with E-state index in [-0.39, 0.29) is 28.7 Å². The van der Waals surface area contributed by atoms with Gasteiger partial charge in [0.2, 0.25) is 5.91 Å². The van der Waals surface area contributed by atoms with Gasteiger partial charge in [-0.05, 0) is 93.4 Å². The van der Waals surface area contributed by atoms with Crippen LogP contribution in [0.4, 0.5) is 16.2 Å². The number of benzene rings is 2. The molecule has 228 valence electrons. The second kappa shape index (κ2) is 13.9. The summed E-state index contributed by atoms with van der Waals surface area (Å²) in [4.78, 5) is 30.9. The SMILES string of the molecule is NC(=O)C1CCC(CNNS(=O)(=O)c2cc(NC(=O)N3CCCC3)ccc2N2CCC(Cc3ccccc3)CC2)CC1. The fraction of sp³-hybridized carbons (Fsp3) is 0.548. The lowest BCUT2D eigenvalue weighted by Crippen LogP contribution is -2.42. The maximum Gasteiger partial charge on any atom is 0.321 e. The van der Waals surface area contributed by atoms with E-state index in [2.05, 4.69) is 44.7 Å². The summed E-state index contributed by atoms with van der Waals surface area (Å²) in [5, 5.41) is 2.90. The van der Waals surface area contributed by atoms with Crippen molar-refractivity contribution in [2.45, 2.75) is 62.7 Å². The first-order valence-corrected chi connectivity index (χ1v) is 16.8. The van der Waals surface area contributed by atoms with Crippen molar-refractivity contribution in [3.05, 3.63) is 54.1 Å². The molecule has 10 nitrogen and oxygen atoms in total. The number of amides is 3. The third kappa shape index (κ3) is 7.81. The number of piperidine rings is 1. The highest BCUT2D eigenvalue weighted by Gasteiger charge is 2.28. The van der Waals surface area contributed by atoms with Crippen LogP contribution in [-0.4, -0.2) is 58.0 Å². The Morgan fingerprint density at radius 1 is 0.857 bits per heavy atom. The minimum absolute atomic E-state index is 0.0872. The van der Waals surface area contributed by atoms with Gasteiger partial charge in [-0.15, -0.1) is 4.83 Å². The number of rotatable bonds is 10. The molecular formula is C31H44N6O4S. The van der Waals surface area contributed by atoms with E-state index in [0.29, 0.717) is 36.9 Å². The van der Waals surface area contributed by atoms with E-state index >= 15 is 0 Å². The summed E-state index contributed by atoms with van der Waals surface area (Å²) < 4.78 is 27.4. The molecule has 1 saturated carbocycles. The highest BCUT2D eigenvalue weighted by atomic mass is 32.2. The van der Waals surface area contributed by atoms with Gasteiger partial charge in [-0.3, -0.25) is 4.79 Å². The van der Waals surface area contributed by atoms with E-state index in [1.54, 1.807) is 17.0 Å². The minimum atomic E-state index is -3.95. The molecule has 0 aromatic heterocycles. The maximum absolute atomic E-state index is 13.7. The predicted molar refractivity (Wildman–Crippen MR) is 164 cm³/mol. The van der Waals surface area contributed by atoms with E-state index in [1.165, 1.54) is 5.56 Å². The molecule has 0 radical (unpaired) electrons. The van der Waals surface area contributed by atoms with Crippen LogP contribution in [0, 0.1) is 17.8 Å². The number of urea groups is 1. The molecular weight excluding hydrogens is 552 g/mol. The number of primary amides is 1. The average molecular weight is 597 g/mol. The summed E-state index contributed by atoms with van der Waals surface area (Å²) in [6.07, 6.45) is 8.04. The van der Waals surface area contributed by atoms with Crippen LogP contribution in [0.15, 0.2) is 53.4 Å². The lowest BCUT2D eigenvalue weighted by atomic mass is 9.82. The Labute approximate surface area is 249 Å². The van der Waals surface area contributed by atoms with Gasteiger partial charge >= 0.3 is 6.03 Å². The van der Waals surface area contributed by atoms with Crippen molar-refractivity contribution in [3.63, 3.8) is 0 Å². The van der Waals surface area contributed by atoms with E-state index in [0.717, 1.165) is 70.9 Å². The molecule has 11 heteroatoms. The Bertz CT molecular complexity index is 1320. The maximum atomic E-state index is 13.7. The first-order chi connectivity index (χ1) is 20.3. The number of nitrogens with zero attached hydrogens (tertiary/aromatic N) is 2. The summed E-state index contributed by atoms with van der Waals surface area (Å²) in [5.41, 5.74) is 10.8. The molecule has 0 atom stereocenters. The Balaban J connectivity index is 1.27. The summed E-state index contributed by atoms with van der Waals surface area (Å²) >= 11 is 0. The van der Waals surface area contributed by atoms with Gasteiger partial charge in [0.05, 0.1) is 5.69 Å². The quantitative estimate of drug-likeness (QED) is 0.308. The highest BCUT2D eigenvalue weighted by Crippen LogP contribution is 2.33. The van der Waals surface area contributed by atoms with Gasteiger partial charge in [0.25, 0.3) is 10.0 Å². The van der Waals surface area contributed by atoms with Crippen molar-refractivity contribution in [3.8, 4) is 0 Å². The second-order valence-corrected chi connectivity index (χ2v) is 13.7. The molecule has 0 bridgehead atoms. The molecule has 2 aliphatic heterocycles. The molecule has 2 heterocycles. The summed E-state index contributed by atoms with van der Waals surface area (Å²) in [6.45, 7) is 3.40. The smallest absolute Gasteiger partial charge is 0.321 e. The van der Waals surface area contributed by atoms with E-state index in [9.17, 15) is 18.0 Å². The van der Waals surface area contributed by atoms with Crippen LogP contribution in [-0.2, 0) is 21.2 Å². The van der Waals surface area contributed by atoms with Gasteiger partial charge in [-0.25, -0.2) is 18.6 Å². The topological polar surface area (TPSA) is 137 Å². The normalized spacial score (nSPS) is 21.8. The molecule has 0 unspecified atom stereocenters. The van der Waals surface area contributed by atoms with Gasteiger partial charge in [0.15, 0.2) is 0 Å². The monoisotopic (exact) mass is 596 g/mol. The van der Waals surface area contributed by atoms with Crippen molar-refractivity contribution in [2.24, 2.45) is 23.5 Å². The first kappa shape index (κ1) is 30.3. The standard InChI is InChI=1S/C31H44N6O4S/c32-30(38)26-10-8-25(9-11-26)22-33-35-42(40,41)29-21-27(34-31(39)37-16-4-5-17-37)12-13-28(29)36-18-14-24(15-19-36)20-23-6-2-1-3-7-23/h1-3,6-7,12-13,21,24-26,33,35H,4-5,8-11,14-20,22H2,(H2,32,38)(H,34,39). The summed E-state index contributed by atoms with van der Waals surface area (Å²) in [7, 11) is -3.95. The number of nitrogens with two attached hydrogens (primary N) is 1. The lowest BCUT2D eigenvalue weighted by molar-refractivity contribution is -0.122. The van der Waals surface area contributed by atoms with Crippen LogP contribution in [0.5, 0.6) is 0 Å². The molecule has 5 N–H and O–H groups in total. The fourth-order valence-corrected chi connectivity index (χ4v) is 7.64. The molecule has 2 saturated heterocycles. The van der Waals surface area contributed by atoms with E-state index in [1.807, 2.05) is 12.1 Å². The average Bonchev–Trinajstić information content (AvgIpc) is 3.54. The van der Waals surface area contributed by atoms with Gasteiger partial charge in [-0.2, -0.15) is 0 Å². The molecule has 3 amide bonds. The molecule has 0 spiro atoms. The molecule has 2 aromatic rings. The van der Waals surface area contributed by atoms with E-state index in [4.69, 9.17) is 5.73 Å². The zero-order valence-corrected chi connectivity index (χ0v) is 25.1. The largest absolute Gasteiger partial charge is 0.370 e. The highest BCUT2D eigenvalue weighted by molar-refractivity contribution is 7.89. The minimum Gasteiger partial charge on any atom is -0.370 e. The second-order valence-electron chi connectivity index (χ2n) is 12.0. The number of nitrogens with one attached hydrogen (secondary N) is 3. The number of carbonyl (C=O) groups is 2. The van der Waals surface area contributed by atoms with Gasteiger partial charge < -0.3 is 20.9 Å². The molecule has 1 aliphatic carbocycles. The third-order valence-corrected chi connectivity index (χ3v) is 10.4. The number of sulfonamides is 1. The fourth-order valence-electron chi connectivity index (χ4n) is 6.50. The van der Waals surface area contributed by atoms with Crippen molar-refractivity contribution in [1.29, 1.82) is 0 Å². The van der Waals surface area contributed by atoms with Crippen LogP contribution in [0.3, 0.4) is 0 Å². The number of carbonyl (C=O) groups excluding carboxylic acids is 2. The number of hydrogen-bond donors (Lipinski definition) is 4. The Morgan fingerprint density at radius 2 is 1.55 bits per heavy atom. The molecule has 42 heavy (non-hydrogen) atoms. The summed E-state index contributed by atoms with van der Waals surface area (Å²) in [5.74, 6) is 0.468. The Hall–Kier alpha value is -3.15. The number of likely N-dealkylation sites (tertiary alicyclic amines) is 1. The van der Waals surface area contributed by atoms with Crippen LogP contribution in [0.2, 0.25) is 0 Å². The van der Waals surface area contributed by atoms with Gasteiger partial charge in [0, 0.05) is 44.3 Å². The predicted octanol–water partition coefficient (Wildman–Crippen LogP) is 3.85. The van der Waals surface area contributed by atoms with Crippen LogP contribution in [0.1, 0.15) is 56.9 Å². The van der Waals surface area contributed by atoms with Crippen LogP contribution < -0.4 is 26.2 Å². The third-order valence-electron chi connectivity index (χ3n) is 9.06. The van der Waals surface area contributed by atoms with Gasteiger partial charge in [-0.1, -0.05) is 30.3 Å². The first-order valence-electron chi connectivity index (χ1n) is 15.3. The van der Waals surface area contributed by atoms with Gasteiger partial charge in [0.1, 0.15) is 4.90 Å². The molecule has 5 rings (SSSR count). The summed E-state index contributed by atoms with van der Waals surface area (Å²) in [6, 6.07) is 15.5. The number of anilines is 2. The molecule has 2 aromatic carbocycles. The van der Waals surface area contributed by atoms with Crippen molar-refractivity contribution in [1.82, 2.24) is 15.2 Å². The zero-order chi connectivity index (χ0) is 29.5. The number of hydrazine groups is 1. The van der Waals surface area contributed by atoms with Crippen molar-refractivity contribution in [2.75, 3.05) is 42.9 Å². The van der Waals surface area contributed by atoms with Crippen molar-refractivity contribution < 1.29 is 18.0 Å². The Morgan fingerprint density at radius 3 is 2.21 bits per heavy atom. The number of hydrogen-bond acceptors (Lipinski definition) is 6.